The van der Waals surface area contributed by atoms with Crippen molar-refractivity contribution in [1.82, 2.24) is 15.2 Å². The van der Waals surface area contributed by atoms with Crippen LogP contribution in [0.3, 0.4) is 0 Å². The molecule has 1 aromatic heterocycles. The number of aromatic nitrogens is 1. The van der Waals surface area contributed by atoms with E-state index in [1.165, 1.54) is 0 Å². The minimum absolute atomic E-state index is 0.0115. The maximum atomic E-state index is 13.5. The zero-order valence-corrected chi connectivity index (χ0v) is 19.3. The Hall–Kier alpha value is -3.47. The van der Waals surface area contributed by atoms with E-state index in [9.17, 15) is 9.59 Å². The normalized spacial score (nSPS) is 18.2. The van der Waals surface area contributed by atoms with Crippen LogP contribution in [0.4, 0.5) is 0 Å². The summed E-state index contributed by atoms with van der Waals surface area (Å²) in [5.41, 5.74) is 3.29. The molecule has 5 nitrogen and oxygen atoms in total. The second-order valence-electron chi connectivity index (χ2n) is 9.22. The minimum Gasteiger partial charge on any atom is -0.353 e. The Kier molecular flexibility index (Phi) is 6.87. The molecule has 0 spiro atoms. The quantitative estimate of drug-likeness (QED) is 0.601. The van der Waals surface area contributed by atoms with E-state index in [0.717, 1.165) is 29.5 Å². The lowest BCUT2D eigenvalue weighted by Gasteiger charge is -2.42. The van der Waals surface area contributed by atoms with E-state index in [4.69, 9.17) is 0 Å². The van der Waals surface area contributed by atoms with Gasteiger partial charge in [0.15, 0.2) is 0 Å². The molecule has 1 atom stereocenters. The highest BCUT2D eigenvalue weighted by molar-refractivity contribution is 5.95. The van der Waals surface area contributed by atoms with Crippen molar-refractivity contribution in [1.29, 1.82) is 0 Å². The molecule has 170 valence electrons. The van der Waals surface area contributed by atoms with E-state index in [1.807, 2.05) is 67.3 Å². The summed E-state index contributed by atoms with van der Waals surface area (Å²) >= 11 is 0. The summed E-state index contributed by atoms with van der Waals surface area (Å²) in [5, 5.41) is 3.13. The molecule has 0 saturated carbocycles. The van der Waals surface area contributed by atoms with E-state index in [1.54, 1.807) is 12.4 Å². The third-order valence-corrected chi connectivity index (χ3v) is 6.27. The summed E-state index contributed by atoms with van der Waals surface area (Å²) in [6.45, 7) is 5.04. The molecule has 2 aromatic carbocycles. The Bertz CT molecular complexity index is 1100. The second-order valence-corrected chi connectivity index (χ2v) is 9.22. The van der Waals surface area contributed by atoms with Gasteiger partial charge in [-0.25, -0.2) is 0 Å². The van der Waals surface area contributed by atoms with Crippen LogP contribution >= 0.6 is 0 Å². The van der Waals surface area contributed by atoms with Crippen molar-refractivity contribution >= 4 is 11.8 Å². The molecule has 1 saturated heterocycles. The summed E-state index contributed by atoms with van der Waals surface area (Å²) in [6.07, 6.45) is 5.71. The van der Waals surface area contributed by atoms with Crippen LogP contribution in [-0.2, 0) is 11.2 Å². The molecule has 33 heavy (non-hydrogen) atoms. The number of pyridine rings is 1. The number of nitrogens with zero attached hydrogens (tertiary/aromatic N) is 2. The van der Waals surface area contributed by atoms with Crippen LogP contribution in [0.15, 0.2) is 79.1 Å². The monoisotopic (exact) mass is 441 g/mol. The highest BCUT2D eigenvalue weighted by atomic mass is 16.2. The van der Waals surface area contributed by atoms with Crippen LogP contribution in [0.2, 0.25) is 0 Å². The SMILES string of the molecule is CC(C)NC(=O)C1(Cc2cccc(-c3ccncc3)c2)CCCN(C(=O)c2ccccc2)C1. The molecule has 1 fully saturated rings. The smallest absolute Gasteiger partial charge is 0.253 e. The summed E-state index contributed by atoms with van der Waals surface area (Å²) in [4.78, 5) is 32.7. The highest BCUT2D eigenvalue weighted by Crippen LogP contribution is 2.36. The fourth-order valence-corrected chi connectivity index (χ4v) is 4.69. The Morgan fingerprint density at radius 3 is 2.48 bits per heavy atom. The van der Waals surface area contributed by atoms with E-state index < -0.39 is 5.41 Å². The Morgan fingerprint density at radius 1 is 1.00 bits per heavy atom. The van der Waals surface area contributed by atoms with Crippen molar-refractivity contribution in [2.75, 3.05) is 13.1 Å². The lowest BCUT2D eigenvalue weighted by atomic mass is 9.73. The number of hydrogen-bond donors (Lipinski definition) is 1. The van der Waals surface area contributed by atoms with E-state index in [-0.39, 0.29) is 17.9 Å². The molecule has 0 radical (unpaired) electrons. The first-order valence-corrected chi connectivity index (χ1v) is 11.6. The van der Waals surface area contributed by atoms with Crippen LogP contribution in [0.5, 0.6) is 0 Å². The maximum absolute atomic E-state index is 13.5. The van der Waals surface area contributed by atoms with E-state index >= 15 is 0 Å². The van der Waals surface area contributed by atoms with Crippen molar-refractivity contribution in [3.05, 3.63) is 90.3 Å². The number of piperidine rings is 1. The average Bonchev–Trinajstić information content (AvgIpc) is 2.84. The molecule has 5 heteroatoms. The lowest BCUT2D eigenvalue weighted by Crippen LogP contribution is -2.55. The van der Waals surface area contributed by atoms with Gasteiger partial charge in [-0.05, 0) is 74.1 Å². The van der Waals surface area contributed by atoms with Gasteiger partial charge >= 0.3 is 0 Å². The third kappa shape index (κ3) is 5.30. The van der Waals surface area contributed by atoms with Gasteiger partial charge in [-0.15, -0.1) is 0 Å². The predicted octanol–water partition coefficient (Wildman–Crippen LogP) is 4.74. The highest BCUT2D eigenvalue weighted by Gasteiger charge is 2.43. The molecule has 2 amide bonds. The first kappa shape index (κ1) is 22.7. The topological polar surface area (TPSA) is 62.3 Å². The molecule has 1 unspecified atom stereocenters. The summed E-state index contributed by atoms with van der Waals surface area (Å²) in [5.74, 6) is 0.0138. The Morgan fingerprint density at radius 2 is 1.76 bits per heavy atom. The van der Waals surface area contributed by atoms with E-state index in [2.05, 4.69) is 28.5 Å². The number of hydrogen-bond acceptors (Lipinski definition) is 3. The van der Waals surface area contributed by atoms with Crippen molar-refractivity contribution < 1.29 is 9.59 Å². The van der Waals surface area contributed by atoms with Crippen molar-refractivity contribution in [2.45, 2.75) is 39.2 Å². The largest absolute Gasteiger partial charge is 0.353 e. The van der Waals surface area contributed by atoms with Gasteiger partial charge in [0, 0.05) is 37.1 Å². The number of nitrogens with one attached hydrogen (secondary N) is 1. The van der Waals surface area contributed by atoms with Crippen molar-refractivity contribution in [2.24, 2.45) is 5.41 Å². The second kappa shape index (κ2) is 9.99. The van der Waals surface area contributed by atoms with Gasteiger partial charge in [0.05, 0.1) is 5.41 Å². The molecule has 2 heterocycles. The number of carbonyl (C=O) groups excluding carboxylic acids is 2. The van der Waals surface area contributed by atoms with Gasteiger partial charge in [-0.3, -0.25) is 14.6 Å². The Balaban J connectivity index is 1.64. The van der Waals surface area contributed by atoms with Crippen LogP contribution in [0.1, 0.15) is 42.6 Å². The number of benzene rings is 2. The molecule has 0 aliphatic carbocycles. The van der Waals surface area contributed by atoms with Crippen LogP contribution in [0, 0.1) is 5.41 Å². The number of amides is 2. The number of carbonyl (C=O) groups is 2. The predicted molar refractivity (Wildman–Crippen MR) is 131 cm³/mol. The molecule has 4 rings (SSSR count). The summed E-state index contributed by atoms with van der Waals surface area (Å²) < 4.78 is 0. The summed E-state index contributed by atoms with van der Waals surface area (Å²) in [7, 11) is 0. The zero-order valence-electron chi connectivity index (χ0n) is 19.3. The fourth-order valence-electron chi connectivity index (χ4n) is 4.69. The van der Waals surface area contributed by atoms with Crippen LogP contribution < -0.4 is 5.32 Å². The van der Waals surface area contributed by atoms with Crippen molar-refractivity contribution in [3.63, 3.8) is 0 Å². The van der Waals surface area contributed by atoms with Gasteiger partial charge in [-0.1, -0.05) is 42.5 Å². The van der Waals surface area contributed by atoms with Gasteiger partial charge in [0.1, 0.15) is 0 Å². The number of likely N-dealkylation sites (tertiary alicyclic amines) is 1. The maximum Gasteiger partial charge on any atom is 0.253 e. The van der Waals surface area contributed by atoms with Gasteiger partial charge in [0.2, 0.25) is 5.91 Å². The fraction of sp³-hybridized carbons (Fsp3) is 0.321. The summed E-state index contributed by atoms with van der Waals surface area (Å²) in [6, 6.07) is 21.7. The number of rotatable bonds is 6. The minimum atomic E-state index is -0.663. The molecule has 0 bridgehead atoms. The first-order chi connectivity index (χ1) is 16.0. The molecule has 1 N–H and O–H groups in total. The van der Waals surface area contributed by atoms with Gasteiger partial charge in [-0.2, -0.15) is 0 Å². The zero-order chi connectivity index (χ0) is 23.3. The average molecular weight is 442 g/mol. The Labute approximate surface area is 195 Å². The van der Waals surface area contributed by atoms with Crippen LogP contribution in [-0.4, -0.2) is 40.8 Å². The van der Waals surface area contributed by atoms with E-state index in [0.29, 0.717) is 25.1 Å². The molecule has 1 aliphatic rings. The lowest BCUT2D eigenvalue weighted by molar-refractivity contribution is -0.134. The van der Waals surface area contributed by atoms with Crippen LogP contribution in [0.25, 0.3) is 11.1 Å². The van der Waals surface area contributed by atoms with Gasteiger partial charge < -0.3 is 10.2 Å². The van der Waals surface area contributed by atoms with Gasteiger partial charge in [0.25, 0.3) is 5.91 Å². The molecular weight excluding hydrogens is 410 g/mol. The standard InChI is InChI=1S/C28H31N3O2/c1-21(2)30-27(33)28(14-7-17-31(20-28)26(32)24-9-4-3-5-10-24)19-22-8-6-11-25(18-22)23-12-15-29-16-13-23/h3-6,8-13,15-16,18,21H,7,14,17,19-20H2,1-2H3,(H,30,33). The molecule has 1 aliphatic heterocycles. The molecule has 3 aromatic rings. The third-order valence-electron chi connectivity index (χ3n) is 6.27. The van der Waals surface area contributed by atoms with Crippen molar-refractivity contribution in [3.8, 4) is 11.1 Å². The molecular formula is C28H31N3O2. The first-order valence-electron chi connectivity index (χ1n) is 11.6.